The molecular weight excluding hydrogens is 302 g/mol. The topological polar surface area (TPSA) is 52.7 Å². The van der Waals surface area contributed by atoms with Crippen LogP contribution in [0, 0.1) is 11.8 Å². The van der Waals surface area contributed by atoms with E-state index in [0.717, 1.165) is 52.1 Å². The minimum atomic E-state index is 0. The molecule has 128 valence electrons. The molecule has 2 aliphatic rings. The smallest absolute Gasteiger partial charge is 0.223 e. The molecule has 0 aromatic rings. The summed E-state index contributed by atoms with van der Waals surface area (Å²) in [6, 6.07) is 0. The first-order valence-corrected chi connectivity index (χ1v) is 8.42. The number of fused-ring (bicyclic) bond motifs is 1. The molecule has 0 saturated carbocycles. The third-order valence-electron chi connectivity index (χ3n) is 4.63. The number of amides is 2. The summed E-state index contributed by atoms with van der Waals surface area (Å²) in [5.41, 5.74) is 0. The molecule has 0 aromatic heterocycles. The highest BCUT2D eigenvalue weighted by Gasteiger charge is 2.37. The molecule has 2 rings (SSSR count). The van der Waals surface area contributed by atoms with Gasteiger partial charge >= 0.3 is 0 Å². The van der Waals surface area contributed by atoms with Crippen LogP contribution in [0.4, 0.5) is 0 Å². The van der Waals surface area contributed by atoms with Gasteiger partial charge < -0.3 is 15.1 Å². The number of likely N-dealkylation sites (tertiary alicyclic amines) is 1. The summed E-state index contributed by atoms with van der Waals surface area (Å²) in [4.78, 5) is 28.3. The van der Waals surface area contributed by atoms with Gasteiger partial charge in [-0.25, -0.2) is 0 Å². The zero-order valence-corrected chi connectivity index (χ0v) is 14.7. The molecular formula is C16H30ClN3O2. The molecule has 0 unspecified atom stereocenters. The molecule has 5 nitrogen and oxygen atoms in total. The van der Waals surface area contributed by atoms with Crippen molar-refractivity contribution >= 4 is 24.2 Å². The van der Waals surface area contributed by atoms with Crippen molar-refractivity contribution in [2.75, 3.05) is 39.3 Å². The van der Waals surface area contributed by atoms with E-state index in [1.54, 1.807) is 0 Å². The van der Waals surface area contributed by atoms with E-state index in [1.807, 2.05) is 9.80 Å². The Morgan fingerprint density at radius 1 is 1.05 bits per heavy atom. The lowest BCUT2D eigenvalue weighted by molar-refractivity contribution is -0.136. The molecule has 22 heavy (non-hydrogen) atoms. The van der Waals surface area contributed by atoms with Gasteiger partial charge in [0.15, 0.2) is 0 Å². The number of carbonyl (C=O) groups excluding carboxylic acids is 2. The first kappa shape index (κ1) is 19.2. The number of halogens is 1. The molecule has 0 spiro atoms. The third kappa shape index (κ3) is 4.85. The fourth-order valence-corrected chi connectivity index (χ4v) is 3.49. The molecule has 0 bridgehead atoms. The van der Waals surface area contributed by atoms with E-state index in [4.69, 9.17) is 0 Å². The van der Waals surface area contributed by atoms with Gasteiger partial charge in [0, 0.05) is 52.1 Å². The molecule has 2 heterocycles. The van der Waals surface area contributed by atoms with E-state index in [1.165, 1.54) is 0 Å². The normalized spacial score (nSPS) is 23.1. The molecule has 0 radical (unpaired) electrons. The number of nitrogens with zero attached hydrogens (tertiary/aromatic N) is 2. The summed E-state index contributed by atoms with van der Waals surface area (Å²) in [5.74, 6) is 1.54. The average molecular weight is 332 g/mol. The van der Waals surface area contributed by atoms with Crippen LogP contribution in [0.2, 0.25) is 0 Å². The molecule has 2 saturated heterocycles. The first-order chi connectivity index (χ1) is 10.2. The van der Waals surface area contributed by atoms with Crippen molar-refractivity contribution in [3.63, 3.8) is 0 Å². The molecule has 6 heteroatoms. The van der Waals surface area contributed by atoms with Crippen molar-refractivity contribution in [3.05, 3.63) is 0 Å². The minimum Gasteiger partial charge on any atom is -0.343 e. The van der Waals surface area contributed by atoms with E-state index >= 15 is 0 Å². The van der Waals surface area contributed by atoms with Crippen molar-refractivity contribution in [2.45, 2.75) is 39.5 Å². The van der Waals surface area contributed by atoms with Crippen LogP contribution in [0.1, 0.15) is 39.5 Å². The van der Waals surface area contributed by atoms with Crippen LogP contribution < -0.4 is 5.32 Å². The fourth-order valence-electron chi connectivity index (χ4n) is 3.49. The van der Waals surface area contributed by atoms with Crippen molar-refractivity contribution in [2.24, 2.45) is 11.8 Å². The standard InChI is InChI=1S/C16H29N3O2.ClH/c1-3-7-18(8-4-2)15(20)5-6-16(21)19-11-13-9-17-10-14(13)12-19;/h13-14,17H,3-12H2,1-2H3;1H/t13-,14+;. The van der Waals surface area contributed by atoms with Crippen LogP contribution in [0.15, 0.2) is 0 Å². The summed E-state index contributed by atoms with van der Waals surface area (Å²) >= 11 is 0. The second-order valence-electron chi connectivity index (χ2n) is 6.36. The maximum absolute atomic E-state index is 12.3. The Balaban J connectivity index is 0.00000242. The highest BCUT2D eigenvalue weighted by Crippen LogP contribution is 2.26. The van der Waals surface area contributed by atoms with Crippen molar-refractivity contribution < 1.29 is 9.59 Å². The molecule has 2 amide bonds. The summed E-state index contributed by atoms with van der Waals surface area (Å²) in [6.07, 6.45) is 2.68. The highest BCUT2D eigenvalue weighted by atomic mass is 35.5. The predicted molar refractivity (Wildman–Crippen MR) is 90.1 cm³/mol. The Kier molecular flexibility index (Phi) is 8.18. The van der Waals surface area contributed by atoms with Crippen LogP contribution in [-0.2, 0) is 9.59 Å². The zero-order chi connectivity index (χ0) is 15.2. The van der Waals surface area contributed by atoms with Crippen molar-refractivity contribution in [3.8, 4) is 0 Å². The maximum Gasteiger partial charge on any atom is 0.223 e. The second kappa shape index (κ2) is 9.36. The van der Waals surface area contributed by atoms with Crippen molar-refractivity contribution in [1.82, 2.24) is 15.1 Å². The van der Waals surface area contributed by atoms with Crippen LogP contribution >= 0.6 is 12.4 Å². The number of carbonyl (C=O) groups is 2. The van der Waals surface area contributed by atoms with E-state index < -0.39 is 0 Å². The minimum absolute atomic E-state index is 0. The van der Waals surface area contributed by atoms with E-state index in [2.05, 4.69) is 19.2 Å². The fraction of sp³-hybridized carbons (Fsp3) is 0.875. The number of hydrogen-bond acceptors (Lipinski definition) is 3. The van der Waals surface area contributed by atoms with Crippen LogP contribution in [-0.4, -0.2) is 60.9 Å². The van der Waals surface area contributed by atoms with E-state index in [-0.39, 0.29) is 24.2 Å². The van der Waals surface area contributed by atoms with Crippen molar-refractivity contribution in [1.29, 1.82) is 0 Å². The number of hydrogen-bond donors (Lipinski definition) is 1. The highest BCUT2D eigenvalue weighted by molar-refractivity contribution is 5.85. The quantitative estimate of drug-likeness (QED) is 0.769. The van der Waals surface area contributed by atoms with Gasteiger partial charge in [-0.3, -0.25) is 9.59 Å². The zero-order valence-electron chi connectivity index (χ0n) is 13.8. The average Bonchev–Trinajstić information content (AvgIpc) is 3.05. The van der Waals surface area contributed by atoms with Gasteiger partial charge in [0.05, 0.1) is 0 Å². The van der Waals surface area contributed by atoms with Gasteiger partial charge in [-0.1, -0.05) is 13.8 Å². The molecule has 0 aromatic carbocycles. The van der Waals surface area contributed by atoms with Crippen LogP contribution in [0.5, 0.6) is 0 Å². The van der Waals surface area contributed by atoms with Gasteiger partial charge in [0.2, 0.25) is 11.8 Å². The van der Waals surface area contributed by atoms with Gasteiger partial charge in [0.1, 0.15) is 0 Å². The summed E-state index contributed by atoms with van der Waals surface area (Å²) < 4.78 is 0. The molecule has 1 N–H and O–H groups in total. The summed E-state index contributed by atoms with van der Waals surface area (Å²) in [5, 5.41) is 3.38. The second-order valence-corrected chi connectivity index (χ2v) is 6.36. The van der Waals surface area contributed by atoms with Gasteiger partial charge in [-0.05, 0) is 24.7 Å². The lowest BCUT2D eigenvalue weighted by Gasteiger charge is -2.22. The first-order valence-electron chi connectivity index (χ1n) is 8.42. The molecule has 2 atom stereocenters. The van der Waals surface area contributed by atoms with E-state index in [0.29, 0.717) is 24.7 Å². The largest absolute Gasteiger partial charge is 0.343 e. The van der Waals surface area contributed by atoms with E-state index in [9.17, 15) is 9.59 Å². The lowest BCUT2D eigenvalue weighted by Crippen LogP contribution is -2.35. The number of rotatable bonds is 7. The Bertz CT molecular complexity index is 360. The SMILES string of the molecule is CCCN(CCC)C(=O)CCC(=O)N1C[C@H]2CNC[C@H]2C1.Cl. The Morgan fingerprint density at radius 2 is 1.59 bits per heavy atom. The van der Waals surface area contributed by atoms with Gasteiger partial charge in [-0.15, -0.1) is 12.4 Å². The third-order valence-corrected chi connectivity index (χ3v) is 4.63. The Morgan fingerprint density at radius 3 is 2.09 bits per heavy atom. The maximum atomic E-state index is 12.3. The lowest BCUT2D eigenvalue weighted by atomic mass is 10.0. The predicted octanol–water partition coefficient (Wildman–Crippen LogP) is 1.51. The Labute approximate surface area is 140 Å². The molecule has 2 fully saturated rings. The monoisotopic (exact) mass is 331 g/mol. The van der Waals surface area contributed by atoms with Crippen LogP contribution in [0.3, 0.4) is 0 Å². The molecule has 2 aliphatic heterocycles. The Hall–Kier alpha value is -0.810. The van der Waals surface area contributed by atoms with Crippen LogP contribution in [0.25, 0.3) is 0 Å². The van der Waals surface area contributed by atoms with Gasteiger partial charge in [0.25, 0.3) is 0 Å². The summed E-state index contributed by atoms with van der Waals surface area (Å²) in [6.45, 7) is 9.59. The number of nitrogens with one attached hydrogen (secondary N) is 1. The summed E-state index contributed by atoms with van der Waals surface area (Å²) in [7, 11) is 0. The molecule has 0 aliphatic carbocycles. The van der Waals surface area contributed by atoms with Gasteiger partial charge in [-0.2, -0.15) is 0 Å².